The van der Waals surface area contributed by atoms with E-state index < -0.39 is 0 Å². The number of aryl methyl sites for hydroxylation is 2. The van der Waals surface area contributed by atoms with Crippen molar-refractivity contribution in [1.82, 2.24) is 9.88 Å². The van der Waals surface area contributed by atoms with Gasteiger partial charge in [0.25, 0.3) is 5.91 Å². The van der Waals surface area contributed by atoms with Crippen LogP contribution in [0.1, 0.15) is 46.9 Å². The second-order valence-corrected chi connectivity index (χ2v) is 7.45. The van der Waals surface area contributed by atoms with Crippen molar-refractivity contribution in [2.45, 2.75) is 40.2 Å². The number of hydrogen-bond donors (Lipinski definition) is 2. The van der Waals surface area contributed by atoms with Crippen molar-refractivity contribution in [3.05, 3.63) is 63.1 Å². The number of carbonyl (C=O) groups is 1. The van der Waals surface area contributed by atoms with Crippen LogP contribution < -0.4 is 10.9 Å². The van der Waals surface area contributed by atoms with Crippen LogP contribution >= 0.6 is 0 Å². The van der Waals surface area contributed by atoms with E-state index in [0.29, 0.717) is 16.9 Å². The summed E-state index contributed by atoms with van der Waals surface area (Å²) in [6.07, 6.45) is 2.58. The molecule has 2 heterocycles. The molecule has 2 N–H and O–H groups in total. The SMILES string of the molecule is Cc1cc(=O)[nH]c(C)c1NC(=O)c1ccc(CN2CCCC(C)C2)cc1. The van der Waals surface area contributed by atoms with Gasteiger partial charge in [-0.2, -0.15) is 0 Å². The van der Waals surface area contributed by atoms with Gasteiger partial charge in [0, 0.05) is 30.4 Å². The lowest BCUT2D eigenvalue weighted by Gasteiger charge is -2.30. The number of nitrogens with one attached hydrogen (secondary N) is 2. The van der Waals surface area contributed by atoms with E-state index in [9.17, 15) is 9.59 Å². The van der Waals surface area contributed by atoms with E-state index in [-0.39, 0.29) is 11.5 Å². The van der Waals surface area contributed by atoms with Crippen molar-refractivity contribution >= 4 is 11.6 Å². The minimum atomic E-state index is -0.165. The average molecular weight is 353 g/mol. The standard InChI is InChI=1S/C21H27N3O2/c1-14-5-4-10-24(12-14)13-17-6-8-18(9-7-17)21(26)23-20-15(2)11-19(25)22-16(20)3/h6-9,11,14H,4-5,10,12-13H2,1-3H3,(H,22,25)(H,23,26). The summed E-state index contributed by atoms with van der Waals surface area (Å²) in [4.78, 5) is 29.2. The van der Waals surface area contributed by atoms with Crippen LogP contribution in [-0.4, -0.2) is 28.9 Å². The van der Waals surface area contributed by atoms with Gasteiger partial charge in [0.1, 0.15) is 0 Å². The number of anilines is 1. The van der Waals surface area contributed by atoms with Gasteiger partial charge in [-0.15, -0.1) is 0 Å². The maximum Gasteiger partial charge on any atom is 0.255 e. The number of aromatic amines is 1. The Labute approximate surface area is 154 Å². The summed E-state index contributed by atoms with van der Waals surface area (Å²) in [6.45, 7) is 9.14. The normalized spacial score (nSPS) is 17.9. The topological polar surface area (TPSA) is 65.2 Å². The fourth-order valence-electron chi connectivity index (χ4n) is 3.68. The summed E-state index contributed by atoms with van der Waals surface area (Å²) in [5, 5.41) is 2.91. The molecule has 0 radical (unpaired) electrons. The lowest BCUT2D eigenvalue weighted by atomic mass is 9.99. The molecule has 1 saturated heterocycles. The third-order valence-electron chi connectivity index (χ3n) is 5.03. The summed E-state index contributed by atoms with van der Waals surface area (Å²) in [5.74, 6) is 0.596. The summed E-state index contributed by atoms with van der Waals surface area (Å²) >= 11 is 0. The first-order valence-electron chi connectivity index (χ1n) is 9.25. The first kappa shape index (κ1) is 18.4. The predicted octanol–water partition coefficient (Wildman–Crippen LogP) is 3.48. The summed E-state index contributed by atoms with van der Waals surface area (Å²) in [6, 6.07) is 9.29. The second kappa shape index (κ2) is 7.87. The van der Waals surface area contributed by atoms with Crippen LogP contribution in [0, 0.1) is 19.8 Å². The van der Waals surface area contributed by atoms with Gasteiger partial charge in [0.2, 0.25) is 5.56 Å². The summed E-state index contributed by atoms with van der Waals surface area (Å²) in [7, 11) is 0. The van der Waals surface area contributed by atoms with Crippen molar-refractivity contribution < 1.29 is 4.79 Å². The molecule has 1 amide bonds. The molecular weight excluding hydrogens is 326 g/mol. The zero-order valence-electron chi connectivity index (χ0n) is 15.8. The number of rotatable bonds is 4. The maximum absolute atomic E-state index is 12.5. The predicted molar refractivity (Wildman–Crippen MR) is 105 cm³/mol. The molecule has 0 aliphatic carbocycles. The van der Waals surface area contributed by atoms with E-state index in [4.69, 9.17) is 0 Å². The second-order valence-electron chi connectivity index (χ2n) is 7.45. The van der Waals surface area contributed by atoms with E-state index in [1.807, 2.05) is 31.2 Å². The Morgan fingerprint density at radius 2 is 2.00 bits per heavy atom. The molecule has 1 aliphatic rings. The Morgan fingerprint density at radius 1 is 1.27 bits per heavy atom. The number of pyridine rings is 1. The summed E-state index contributed by atoms with van der Waals surface area (Å²) in [5.41, 5.74) is 3.78. The van der Waals surface area contributed by atoms with E-state index in [1.54, 1.807) is 6.92 Å². The molecule has 5 nitrogen and oxygen atoms in total. The zero-order valence-corrected chi connectivity index (χ0v) is 15.8. The van der Waals surface area contributed by atoms with Gasteiger partial charge in [0.05, 0.1) is 5.69 Å². The van der Waals surface area contributed by atoms with E-state index in [0.717, 1.165) is 31.1 Å². The highest BCUT2D eigenvalue weighted by atomic mass is 16.1. The molecule has 138 valence electrons. The zero-order chi connectivity index (χ0) is 18.7. The van der Waals surface area contributed by atoms with Crippen molar-refractivity contribution in [3.8, 4) is 0 Å². The summed E-state index contributed by atoms with van der Waals surface area (Å²) < 4.78 is 0. The monoisotopic (exact) mass is 353 g/mol. The molecule has 0 bridgehead atoms. The molecule has 1 aromatic carbocycles. The average Bonchev–Trinajstić information content (AvgIpc) is 2.58. The smallest absolute Gasteiger partial charge is 0.255 e. The molecule has 1 fully saturated rings. The Balaban J connectivity index is 1.66. The first-order valence-corrected chi connectivity index (χ1v) is 9.25. The molecule has 3 rings (SSSR count). The number of likely N-dealkylation sites (tertiary alicyclic amines) is 1. The van der Waals surface area contributed by atoms with Crippen molar-refractivity contribution in [3.63, 3.8) is 0 Å². The molecule has 1 unspecified atom stereocenters. The van der Waals surface area contributed by atoms with Gasteiger partial charge >= 0.3 is 0 Å². The largest absolute Gasteiger partial charge is 0.324 e. The molecule has 1 atom stereocenters. The van der Waals surface area contributed by atoms with Gasteiger partial charge in [-0.1, -0.05) is 19.1 Å². The van der Waals surface area contributed by atoms with E-state index >= 15 is 0 Å². The number of H-pyrrole nitrogens is 1. The van der Waals surface area contributed by atoms with Crippen LogP contribution in [0.2, 0.25) is 0 Å². The van der Waals surface area contributed by atoms with Crippen LogP contribution in [0.5, 0.6) is 0 Å². The molecule has 1 aliphatic heterocycles. The van der Waals surface area contributed by atoms with Crippen molar-refractivity contribution in [1.29, 1.82) is 0 Å². The quantitative estimate of drug-likeness (QED) is 0.884. The molecular formula is C21H27N3O2. The minimum absolute atomic E-state index is 0.158. The number of amides is 1. The number of nitrogens with zero attached hydrogens (tertiary/aromatic N) is 1. The van der Waals surface area contributed by atoms with Gasteiger partial charge < -0.3 is 10.3 Å². The Hall–Kier alpha value is -2.40. The minimum Gasteiger partial charge on any atom is -0.324 e. The molecule has 0 spiro atoms. The fraction of sp³-hybridized carbons (Fsp3) is 0.429. The third kappa shape index (κ3) is 4.41. The van der Waals surface area contributed by atoms with Crippen LogP contribution in [0.3, 0.4) is 0 Å². The highest BCUT2D eigenvalue weighted by Gasteiger charge is 2.16. The lowest BCUT2D eigenvalue weighted by Crippen LogP contribution is -2.33. The van der Waals surface area contributed by atoms with Crippen LogP contribution in [0.15, 0.2) is 35.1 Å². The van der Waals surface area contributed by atoms with Crippen LogP contribution in [0.25, 0.3) is 0 Å². The first-order chi connectivity index (χ1) is 12.4. The maximum atomic E-state index is 12.5. The number of hydrogen-bond acceptors (Lipinski definition) is 3. The molecule has 5 heteroatoms. The Morgan fingerprint density at radius 3 is 2.65 bits per heavy atom. The number of aromatic nitrogens is 1. The number of carbonyl (C=O) groups excluding carboxylic acids is 1. The number of benzene rings is 1. The van der Waals surface area contributed by atoms with Gasteiger partial charge in [0.15, 0.2) is 0 Å². The highest BCUT2D eigenvalue weighted by Crippen LogP contribution is 2.19. The molecule has 0 saturated carbocycles. The number of piperidine rings is 1. The van der Waals surface area contributed by atoms with E-state index in [2.05, 4.69) is 22.1 Å². The van der Waals surface area contributed by atoms with E-state index in [1.165, 1.54) is 24.5 Å². The lowest BCUT2D eigenvalue weighted by molar-refractivity contribution is 0.102. The molecule has 1 aromatic heterocycles. The van der Waals surface area contributed by atoms with Gasteiger partial charge in [-0.3, -0.25) is 14.5 Å². The highest BCUT2D eigenvalue weighted by molar-refractivity contribution is 6.04. The van der Waals surface area contributed by atoms with Crippen molar-refractivity contribution in [2.75, 3.05) is 18.4 Å². The Kier molecular flexibility index (Phi) is 5.57. The van der Waals surface area contributed by atoms with Crippen LogP contribution in [-0.2, 0) is 6.54 Å². The Bertz CT molecular complexity index is 813. The van der Waals surface area contributed by atoms with Crippen molar-refractivity contribution in [2.24, 2.45) is 5.92 Å². The fourth-order valence-corrected chi connectivity index (χ4v) is 3.68. The molecule has 2 aromatic rings. The van der Waals surface area contributed by atoms with Gasteiger partial charge in [-0.25, -0.2) is 0 Å². The van der Waals surface area contributed by atoms with Gasteiger partial charge in [-0.05, 0) is 62.4 Å². The van der Waals surface area contributed by atoms with Crippen LogP contribution in [0.4, 0.5) is 5.69 Å². The molecule has 26 heavy (non-hydrogen) atoms. The third-order valence-corrected chi connectivity index (χ3v) is 5.03.